The zero-order valence-electron chi connectivity index (χ0n) is 14.6. The number of amides is 1. The van der Waals surface area contributed by atoms with Crippen molar-refractivity contribution in [2.45, 2.75) is 12.5 Å². The molecule has 0 radical (unpaired) electrons. The third-order valence-electron chi connectivity index (χ3n) is 4.31. The van der Waals surface area contributed by atoms with Crippen LogP contribution in [0.2, 0.25) is 5.02 Å². The molecule has 1 saturated heterocycles. The summed E-state index contributed by atoms with van der Waals surface area (Å²) in [6, 6.07) is 7.75. The summed E-state index contributed by atoms with van der Waals surface area (Å²) in [6.07, 6.45) is 2.69. The maximum atomic E-state index is 13.4. The monoisotopic (exact) mass is 402 g/mol. The van der Waals surface area contributed by atoms with E-state index in [9.17, 15) is 9.18 Å². The summed E-state index contributed by atoms with van der Waals surface area (Å²) in [4.78, 5) is 19.6. The Morgan fingerprint density at radius 2 is 2.18 bits per heavy atom. The fourth-order valence-electron chi connectivity index (χ4n) is 2.95. The summed E-state index contributed by atoms with van der Waals surface area (Å²) in [7, 11) is 0. The molecule has 0 spiro atoms. The number of hydrogen-bond donors (Lipinski definition) is 2. The number of rotatable bonds is 6. The van der Waals surface area contributed by atoms with E-state index in [1.54, 1.807) is 18.2 Å². The molecule has 144 valence electrons. The van der Waals surface area contributed by atoms with Crippen LogP contribution < -0.4 is 15.4 Å². The van der Waals surface area contributed by atoms with Crippen molar-refractivity contribution < 1.29 is 18.7 Å². The molecule has 4 rings (SSSR count). The van der Waals surface area contributed by atoms with E-state index in [1.165, 1.54) is 18.5 Å². The van der Waals surface area contributed by atoms with Gasteiger partial charge in [0.2, 0.25) is 6.41 Å². The molecule has 0 bridgehead atoms. The minimum Gasteiger partial charge on any atom is -0.486 e. The van der Waals surface area contributed by atoms with Crippen molar-refractivity contribution in [3.8, 4) is 5.75 Å². The number of hydrogen-bond acceptors (Lipinski definition) is 6. The number of carbonyl (C=O) groups excluding carboxylic acids is 1. The Balaban J connectivity index is 1.72. The first kappa shape index (κ1) is 18.4. The zero-order valence-corrected chi connectivity index (χ0v) is 15.4. The summed E-state index contributed by atoms with van der Waals surface area (Å²) >= 11 is 5.84. The van der Waals surface area contributed by atoms with E-state index < -0.39 is 5.82 Å². The lowest BCUT2D eigenvalue weighted by molar-refractivity contribution is -0.105. The fourth-order valence-corrected chi connectivity index (χ4v) is 3.13. The van der Waals surface area contributed by atoms with Gasteiger partial charge >= 0.3 is 0 Å². The quantitative estimate of drug-likeness (QED) is 0.608. The van der Waals surface area contributed by atoms with Crippen molar-refractivity contribution in [3.63, 3.8) is 0 Å². The summed E-state index contributed by atoms with van der Waals surface area (Å²) in [5.41, 5.74) is 1.68. The largest absolute Gasteiger partial charge is 0.486 e. The Bertz CT molecular complexity index is 1030. The second kappa shape index (κ2) is 7.95. The van der Waals surface area contributed by atoms with Crippen molar-refractivity contribution in [2.24, 2.45) is 0 Å². The highest BCUT2D eigenvalue weighted by Gasteiger charge is 2.20. The standard InChI is InChI=1S/C19H16ClFN4O3/c20-14-5-11(1-2-15(14)21)25-19-13-6-17(24-10-26)18(7-16(13)22-9-23-19)28-12-3-4-27-8-12/h1-2,5-7,9-10,12H,3-4,8H2,(H,24,26)(H,22,23,25)/t12-/m1/s1. The van der Waals surface area contributed by atoms with Gasteiger partial charge in [-0.05, 0) is 24.3 Å². The molecule has 1 atom stereocenters. The van der Waals surface area contributed by atoms with Gasteiger partial charge in [0, 0.05) is 23.6 Å². The van der Waals surface area contributed by atoms with Gasteiger partial charge in [-0.1, -0.05) is 11.6 Å². The lowest BCUT2D eigenvalue weighted by atomic mass is 10.1. The van der Waals surface area contributed by atoms with Gasteiger partial charge in [-0.2, -0.15) is 0 Å². The smallest absolute Gasteiger partial charge is 0.211 e. The van der Waals surface area contributed by atoms with Crippen LogP contribution in [0.5, 0.6) is 5.75 Å². The molecule has 28 heavy (non-hydrogen) atoms. The first-order valence-electron chi connectivity index (χ1n) is 8.59. The number of anilines is 3. The van der Waals surface area contributed by atoms with Crippen molar-refractivity contribution in [2.75, 3.05) is 23.8 Å². The van der Waals surface area contributed by atoms with E-state index in [-0.39, 0.29) is 11.1 Å². The number of nitrogens with zero attached hydrogens (tertiary/aromatic N) is 2. The van der Waals surface area contributed by atoms with Crippen molar-refractivity contribution >= 4 is 46.1 Å². The lowest BCUT2D eigenvalue weighted by Crippen LogP contribution is -2.16. The van der Waals surface area contributed by atoms with Crippen LogP contribution in [0.4, 0.5) is 21.6 Å². The molecule has 1 aromatic heterocycles. The molecule has 1 aliphatic heterocycles. The van der Waals surface area contributed by atoms with Crippen molar-refractivity contribution in [1.29, 1.82) is 0 Å². The topological polar surface area (TPSA) is 85.4 Å². The SMILES string of the molecule is O=CNc1cc2c(Nc3ccc(F)c(Cl)c3)ncnc2cc1O[C@@H]1CCOC1. The third-order valence-corrected chi connectivity index (χ3v) is 4.60. The van der Waals surface area contributed by atoms with E-state index in [2.05, 4.69) is 20.6 Å². The highest BCUT2D eigenvalue weighted by molar-refractivity contribution is 6.31. The Morgan fingerprint density at radius 3 is 2.93 bits per heavy atom. The van der Waals surface area contributed by atoms with Crippen LogP contribution in [0, 0.1) is 5.82 Å². The molecule has 0 aliphatic carbocycles. The molecule has 1 amide bonds. The number of aromatic nitrogens is 2. The average Bonchev–Trinajstić information content (AvgIpc) is 3.19. The van der Waals surface area contributed by atoms with Gasteiger partial charge in [0.25, 0.3) is 0 Å². The highest BCUT2D eigenvalue weighted by Crippen LogP contribution is 2.34. The van der Waals surface area contributed by atoms with E-state index in [4.69, 9.17) is 21.1 Å². The summed E-state index contributed by atoms with van der Waals surface area (Å²) in [6.45, 7) is 1.14. The summed E-state index contributed by atoms with van der Waals surface area (Å²) in [5, 5.41) is 6.40. The second-order valence-corrected chi connectivity index (χ2v) is 6.61. The number of nitrogens with one attached hydrogen (secondary N) is 2. The lowest BCUT2D eigenvalue weighted by Gasteiger charge is -2.17. The first-order valence-corrected chi connectivity index (χ1v) is 8.97. The van der Waals surface area contributed by atoms with Crippen LogP contribution in [0.3, 0.4) is 0 Å². The van der Waals surface area contributed by atoms with Crippen LogP contribution in [0.1, 0.15) is 6.42 Å². The number of halogens is 2. The van der Waals surface area contributed by atoms with E-state index in [0.717, 1.165) is 6.42 Å². The molecule has 2 N–H and O–H groups in total. The number of benzene rings is 2. The van der Waals surface area contributed by atoms with Gasteiger partial charge in [-0.25, -0.2) is 14.4 Å². The van der Waals surface area contributed by atoms with Crippen molar-refractivity contribution in [1.82, 2.24) is 9.97 Å². The van der Waals surface area contributed by atoms with Gasteiger partial charge in [0.15, 0.2) is 0 Å². The fraction of sp³-hybridized carbons (Fsp3) is 0.211. The molecule has 1 fully saturated rings. The predicted molar refractivity (Wildman–Crippen MR) is 104 cm³/mol. The number of fused-ring (bicyclic) bond motifs is 1. The molecule has 7 nitrogen and oxygen atoms in total. The van der Waals surface area contributed by atoms with E-state index in [0.29, 0.717) is 53.5 Å². The van der Waals surface area contributed by atoms with E-state index in [1.807, 2.05) is 0 Å². The molecular formula is C19H16ClFN4O3. The van der Waals surface area contributed by atoms with Crippen LogP contribution in [-0.4, -0.2) is 35.7 Å². The molecule has 0 unspecified atom stereocenters. The predicted octanol–water partition coefficient (Wildman–Crippen LogP) is 3.90. The Hall–Kier alpha value is -2.97. The van der Waals surface area contributed by atoms with Crippen LogP contribution in [0.15, 0.2) is 36.7 Å². The molecule has 3 aromatic rings. The Morgan fingerprint density at radius 1 is 1.29 bits per heavy atom. The van der Waals surface area contributed by atoms with Gasteiger partial charge in [0.1, 0.15) is 29.8 Å². The maximum absolute atomic E-state index is 13.4. The normalized spacial score (nSPS) is 16.1. The Kier molecular flexibility index (Phi) is 5.23. The number of ether oxygens (including phenoxy) is 2. The highest BCUT2D eigenvalue weighted by atomic mass is 35.5. The van der Waals surface area contributed by atoms with Gasteiger partial charge in [-0.3, -0.25) is 4.79 Å². The Labute approximate surface area is 164 Å². The molecule has 1 aliphatic rings. The number of carbonyl (C=O) groups is 1. The van der Waals surface area contributed by atoms with Gasteiger partial charge in [-0.15, -0.1) is 0 Å². The second-order valence-electron chi connectivity index (χ2n) is 6.21. The minimum atomic E-state index is -0.505. The first-order chi connectivity index (χ1) is 13.6. The molecule has 2 aromatic carbocycles. The molecule has 0 saturated carbocycles. The summed E-state index contributed by atoms with van der Waals surface area (Å²) < 4.78 is 24.7. The minimum absolute atomic E-state index is 0.00106. The van der Waals surface area contributed by atoms with Gasteiger partial charge in [0.05, 0.1) is 29.4 Å². The van der Waals surface area contributed by atoms with E-state index >= 15 is 0 Å². The maximum Gasteiger partial charge on any atom is 0.211 e. The van der Waals surface area contributed by atoms with Crippen LogP contribution >= 0.6 is 11.6 Å². The molecule has 2 heterocycles. The van der Waals surface area contributed by atoms with Gasteiger partial charge < -0.3 is 20.1 Å². The van der Waals surface area contributed by atoms with Crippen LogP contribution in [-0.2, 0) is 9.53 Å². The van der Waals surface area contributed by atoms with Crippen molar-refractivity contribution in [3.05, 3.63) is 47.5 Å². The van der Waals surface area contributed by atoms with Crippen LogP contribution in [0.25, 0.3) is 10.9 Å². The molecule has 9 heteroatoms. The average molecular weight is 403 g/mol. The third kappa shape index (κ3) is 3.83. The zero-order chi connectivity index (χ0) is 19.5. The molecular weight excluding hydrogens is 387 g/mol. The summed E-state index contributed by atoms with van der Waals surface area (Å²) in [5.74, 6) is 0.483.